The number of fused-ring (bicyclic) bond motifs is 1. The first kappa shape index (κ1) is 17.7. The van der Waals surface area contributed by atoms with Gasteiger partial charge in [0.15, 0.2) is 5.82 Å². The maximum atomic E-state index is 6.63. The third kappa shape index (κ3) is 2.57. The monoisotopic (exact) mass is 407 g/mol. The molecule has 7 rings (SSSR count). The molecule has 0 unspecified atom stereocenters. The molecule has 5 nitrogen and oxygen atoms in total. The highest BCUT2D eigenvalue weighted by Gasteiger charge is 2.59. The molecule has 0 atom stereocenters. The van der Waals surface area contributed by atoms with Gasteiger partial charge in [-0.25, -0.2) is 9.97 Å². The highest BCUT2D eigenvalue weighted by atomic mass is 35.5. The number of likely N-dealkylation sites (N-methyl/N-ethyl adjacent to an activating group) is 1. The van der Waals surface area contributed by atoms with E-state index in [1.54, 1.807) is 0 Å². The fourth-order valence-electron chi connectivity index (χ4n) is 5.43. The van der Waals surface area contributed by atoms with E-state index in [2.05, 4.69) is 46.5 Å². The zero-order valence-electron chi connectivity index (χ0n) is 17.0. The van der Waals surface area contributed by atoms with Crippen molar-refractivity contribution in [1.82, 2.24) is 19.4 Å². The molecule has 3 aromatic rings. The van der Waals surface area contributed by atoms with Crippen molar-refractivity contribution in [2.75, 3.05) is 38.1 Å². The summed E-state index contributed by atoms with van der Waals surface area (Å²) in [6.07, 6.45) is 3.80. The number of halogens is 1. The molecule has 0 radical (unpaired) electrons. The van der Waals surface area contributed by atoms with Crippen LogP contribution in [0.3, 0.4) is 0 Å². The molecule has 0 amide bonds. The summed E-state index contributed by atoms with van der Waals surface area (Å²) in [7, 11) is 2.18. The van der Waals surface area contributed by atoms with E-state index in [1.807, 2.05) is 12.1 Å². The molecular weight excluding hydrogens is 382 g/mol. The number of rotatable bonds is 3. The number of aromatic nitrogens is 3. The zero-order chi connectivity index (χ0) is 19.8. The van der Waals surface area contributed by atoms with E-state index < -0.39 is 0 Å². The summed E-state index contributed by atoms with van der Waals surface area (Å²) in [5.74, 6) is 2.94. The number of nitrogens with zero attached hydrogens (tertiary/aromatic N) is 5. The largest absolute Gasteiger partial charge is 0.352 e. The topological polar surface area (TPSA) is 37.2 Å². The molecule has 3 aliphatic carbocycles. The first-order valence-corrected chi connectivity index (χ1v) is 11.0. The molecule has 0 spiro atoms. The van der Waals surface area contributed by atoms with Crippen LogP contribution in [0, 0.1) is 12.8 Å². The van der Waals surface area contributed by atoms with Crippen LogP contribution >= 0.6 is 11.6 Å². The molecular formula is C23H26ClN5. The molecule has 1 aromatic carbocycles. The van der Waals surface area contributed by atoms with Crippen molar-refractivity contribution in [3.05, 3.63) is 41.0 Å². The lowest BCUT2D eigenvalue weighted by atomic mass is 9.49. The van der Waals surface area contributed by atoms with Gasteiger partial charge in [-0.05, 0) is 57.4 Å². The summed E-state index contributed by atoms with van der Waals surface area (Å²) in [5.41, 5.74) is 4.56. The van der Waals surface area contributed by atoms with E-state index in [0.717, 1.165) is 65.5 Å². The van der Waals surface area contributed by atoms with Crippen LogP contribution in [0.4, 0.5) is 5.82 Å². The number of aryl methyl sites for hydroxylation is 1. The molecule has 4 aliphatic rings. The fourth-order valence-corrected chi connectivity index (χ4v) is 5.65. The lowest BCUT2D eigenvalue weighted by molar-refractivity contribution is -0.0846. The van der Waals surface area contributed by atoms with Crippen LogP contribution in [0.2, 0.25) is 5.02 Å². The molecule has 3 heterocycles. The van der Waals surface area contributed by atoms with E-state index in [0.29, 0.717) is 0 Å². The van der Waals surface area contributed by atoms with E-state index in [1.165, 1.54) is 24.8 Å². The van der Waals surface area contributed by atoms with Gasteiger partial charge in [0.2, 0.25) is 0 Å². The Labute approximate surface area is 176 Å². The van der Waals surface area contributed by atoms with Gasteiger partial charge in [0.05, 0.1) is 10.5 Å². The van der Waals surface area contributed by atoms with Crippen molar-refractivity contribution >= 4 is 28.5 Å². The van der Waals surface area contributed by atoms with Gasteiger partial charge in [-0.3, -0.25) is 0 Å². The summed E-state index contributed by atoms with van der Waals surface area (Å²) in [6, 6.07) is 10.3. The fraction of sp³-hybridized carbons (Fsp3) is 0.478. The SMILES string of the molecule is Cc1cc2c(nc(-c3ccccc3Cl)n2C23CC(C2)C3)c(N2CCN(C)CC2)n1. The summed E-state index contributed by atoms with van der Waals surface area (Å²) in [4.78, 5) is 15.0. The lowest BCUT2D eigenvalue weighted by Gasteiger charge is -2.62. The molecule has 2 bridgehead atoms. The van der Waals surface area contributed by atoms with Gasteiger partial charge < -0.3 is 14.4 Å². The second-order valence-corrected chi connectivity index (χ2v) is 9.61. The second kappa shape index (κ2) is 6.19. The van der Waals surface area contributed by atoms with Gasteiger partial charge in [0.1, 0.15) is 11.3 Å². The number of piperazine rings is 1. The number of anilines is 1. The molecule has 2 aromatic heterocycles. The van der Waals surface area contributed by atoms with Crippen molar-refractivity contribution < 1.29 is 0 Å². The van der Waals surface area contributed by atoms with Crippen LogP contribution in [0.5, 0.6) is 0 Å². The Morgan fingerprint density at radius 2 is 1.76 bits per heavy atom. The van der Waals surface area contributed by atoms with Gasteiger partial charge in [-0.1, -0.05) is 23.7 Å². The van der Waals surface area contributed by atoms with Crippen molar-refractivity contribution in [2.24, 2.45) is 5.92 Å². The summed E-state index contributed by atoms with van der Waals surface area (Å²) in [6.45, 7) is 6.20. The Morgan fingerprint density at radius 1 is 1.03 bits per heavy atom. The minimum absolute atomic E-state index is 0.223. The van der Waals surface area contributed by atoms with Crippen LogP contribution in [0.1, 0.15) is 25.0 Å². The number of imidazole rings is 1. The Morgan fingerprint density at radius 3 is 2.41 bits per heavy atom. The summed E-state index contributed by atoms with van der Waals surface area (Å²) in [5, 5.41) is 0.765. The maximum absolute atomic E-state index is 6.63. The molecule has 1 aliphatic heterocycles. The molecule has 4 fully saturated rings. The smallest absolute Gasteiger partial charge is 0.157 e. The van der Waals surface area contributed by atoms with Gasteiger partial charge in [0.25, 0.3) is 0 Å². The Kier molecular flexibility index (Phi) is 3.78. The van der Waals surface area contributed by atoms with E-state index in [-0.39, 0.29) is 5.54 Å². The highest BCUT2D eigenvalue weighted by Crippen LogP contribution is 2.64. The lowest BCUT2D eigenvalue weighted by Crippen LogP contribution is -2.59. The predicted molar refractivity (Wildman–Crippen MR) is 118 cm³/mol. The van der Waals surface area contributed by atoms with E-state index >= 15 is 0 Å². The van der Waals surface area contributed by atoms with Crippen LogP contribution in [0.25, 0.3) is 22.4 Å². The van der Waals surface area contributed by atoms with Crippen molar-refractivity contribution in [2.45, 2.75) is 31.7 Å². The van der Waals surface area contributed by atoms with Crippen LogP contribution < -0.4 is 4.90 Å². The molecule has 150 valence electrons. The summed E-state index contributed by atoms with van der Waals surface area (Å²) < 4.78 is 2.51. The van der Waals surface area contributed by atoms with Gasteiger partial charge >= 0.3 is 0 Å². The Balaban J connectivity index is 1.59. The maximum Gasteiger partial charge on any atom is 0.157 e. The van der Waals surface area contributed by atoms with Crippen LogP contribution in [-0.4, -0.2) is 52.7 Å². The minimum Gasteiger partial charge on any atom is -0.352 e. The van der Waals surface area contributed by atoms with E-state index in [4.69, 9.17) is 21.6 Å². The quantitative estimate of drug-likeness (QED) is 0.648. The minimum atomic E-state index is 0.223. The third-order valence-corrected chi connectivity index (χ3v) is 7.48. The molecule has 1 saturated heterocycles. The number of hydrogen-bond acceptors (Lipinski definition) is 4. The average Bonchev–Trinajstić information content (AvgIpc) is 2.99. The zero-order valence-corrected chi connectivity index (χ0v) is 17.8. The normalized spacial score (nSPS) is 26.4. The first-order valence-electron chi connectivity index (χ1n) is 10.6. The van der Waals surface area contributed by atoms with Crippen molar-refractivity contribution in [1.29, 1.82) is 0 Å². The second-order valence-electron chi connectivity index (χ2n) is 9.20. The number of pyridine rings is 1. The van der Waals surface area contributed by atoms with Crippen LogP contribution in [-0.2, 0) is 5.54 Å². The number of benzene rings is 1. The van der Waals surface area contributed by atoms with Crippen molar-refractivity contribution in [3.8, 4) is 11.4 Å². The molecule has 0 N–H and O–H groups in total. The standard InChI is InChI=1S/C23H26ClN5/c1-15-11-19-20(22(25-15)28-9-7-27(2)8-10-28)26-21(17-5-3-4-6-18(17)24)29(19)23-12-16(13-23)14-23/h3-6,11,16H,7-10,12-14H2,1-2H3. The average molecular weight is 408 g/mol. The van der Waals surface area contributed by atoms with Gasteiger partial charge in [0, 0.05) is 43.0 Å². The van der Waals surface area contributed by atoms with Gasteiger partial charge in [-0.2, -0.15) is 0 Å². The summed E-state index contributed by atoms with van der Waals surface area (Å²) >= 11 is 6.63. The Bertz CT molecular complexity index is 1090. The molecule has 3 saturated carbocycles. The Hall–Kier alpha value is -2.11. The van der Waals surface area contributed by atoms with Crippen molar-refractivity contribution in [3.63, 3.8) is 0 Å². The van der Waals surface area contributed by atoms with Crippen LogP contribution in [0.15, 0.2) is 30.3 Å². The highest BCUT2D eigenvalue weighted by molar-refractivity contribution is 6.33. The molecule has 6 heteroatoms. The number of hydrogen-bond donors (Lipinski definition) is 0. The first-order chi connectivity index (χ1) is 14.0. The predicted octanol–water partition coefficient (Wildman–Crippen LogP) is 4.32. The molecule has 29 heavy (non-hydrogen) atoms. The third-order valence-electron chi connectivity index (χ3n) is 7.15. The van der Waals surface area contributed by atoms with E-state index in [9.17, 15) is 0 Å². The van der Waals surface area contributed by atoms with Gasteiger partial charge in [-0.15, -0.1) is 0 Å².